The van der Waals surface area contributed by atoms with Gasteiger partial charge < -0.3 is 19.8 Å². The van der Waals surface area contributed by atoms with E-state index in [1.807, 2.05) is 16.7 Å². The van der Waals surface area contributed by atoms with Crippen molar-refractivity contribution in [3.8, 4) is 0 Å². The van der Waals surface area contributed by atoms with Crippen molar-refractivity contribution in [1.29, 1.82) is 0 Å². The van der Waals surface area contributed by atoms with Crippen LogP contribution >= 0.6 is 0 Å². The SMILES string of the molecule is CC1CC(C(=O)O)CCN1C(=O)N1CCN(C)CC1C. The maximum absolute atomic E-state index is 12.6. The molecule has 0 aromatic rings. The van der Waals surface area contributed by atoms with E-state index in [2.05, 4.69) is 18.9 Å². The van der Waals surface area contributed by atoms with Crippen LogP contribution in [-0.4, -0.2) is 77.1 Å². The Morgan fingerprint density at radius 2 is 1.70 bits per heavy atom. The summed E-state index contributed by atoms with van der Waals surface area (Å²) in [5, 5.41) is 9.08. The van der Waals surface area contributed by atoms with Gasteiger partial charge in [-0.25, -0.2) is 4.79 Å². The van der Waals surface area contributed by atoms with Crippen LogP contribution in [0.3, 0.4) is 0 Å². The van der Waals surface area contributed by atoms with E-state index < -0.39 is 5.97 Å². The summed E-state index contributed by atoms with van der Waals surface area (Å²) in [4.78, 5) is 29.7. The number of piperidine rings is 1. The number of aliphatic carboxylic acids is 1. The van der Waals surface area contributed by atoms with Crippen molar-refractivity contribution in [2.24, 2.45) is 5.92 Å². The summed E-state index contributed by atoms with van der Waals surface area (Å²) in [6.45, 7) is 7.12. The molecule has 20 heavy (non-hydrogen) atoms. The van der Waals surface area contributed by atoms with Crippen LogP contribution < -0.4 is 0 Å². The Hall–Kier alpha value is -1.30. The number of rotatable bonds is 1. The molecule has 6 heteroatoms. The number of carbonyl (C=O) groups excluding carboxylic acids is 1. The topological polar surface area (TPSA) is 64.1 Å². The molecule has 3 unspecified atom stereocenters. The Labute approximate surface area is 120 Å². The molecule has 2 amide bonds. The minimum atomic E-state index is -0.739. The van der Waals surface area contributed by atoms with Crippen molar-refractivity contribution in [3.05, 3.63) is 0 Å². The predicted molar refractivity (Wildman–Crippen MR) is 75.6 cm³/mol. The highest BCUT2D eigenvalue weighted by Crippen LogP contribution is 2.25. The lowest BCUT2D eigenvalue weighted by molar-refractivity contribution is -0.143. The second kappa shape index (κ2) is 5.99. The monoisotopic (exact) mass is 283 g/mol. The maximum Gasteiger partial charge on any atom is 0.320 e. The zero-order valence-electron chi connectivity index (χ0n) is 12.6. The van der Waals surface area contributed by atoms with E-state index in [1.54, 1.807) is 0 Å². The summed E-state index contributed by atoms with van der Waals surface area (Å²) in [5.41, 5.74) is 0. The third-order valence-corrected chi connectivity index (χ3v) is 4.55. The summed E-state index contributed by atoms with van der Waals surface area (Å²) < 4.78 is 0. The molecule has 0 saturated carbocycles. The molecular formula is C14H25N3O3. The summed E-state index contributed by atoms with van der Waals surface area (Å²) in [6.07, 6.45) is 1.12. The standard InChI is InChI=1S/C14H25N3O3/c1-10-8-12(13(18)19)4-5-16(10)14(20)17-7-6-15(3)9-11(17)2/h10-12H,4-9H2,1-3H3,(H,18,19). The number of urea groups is 1. The van der Waals surface area contributed by atoms with Gasteiger partial charge in [-0.1, -0.05) is 0 Å². The second-order valence-corrected chi connectivity index (χ2v) is 6.19. The van der Waals surface area contributed by atoms with Gasteiger partial charge in [-0.05, 0) is 33.7 Å². The average molecular weight is 283 g/mol. The molecule has 2 rings (SSSR count). The van der Waals surface area contributed by atoms with Crippen LogP contribution in [0, 0.1) is 5.92 Å². The van der Waals surface area contributed by atoms with Crippen molar-refractivity contribution < 1.29 is 14.7 Å². The molecule has 2 saturated heterocycles. The van der Waals surface area contributed by atoms with E-state index in [0.29, 0.717) is 19.4 Å². The molecule has 0 bridgehead atoms. The van der Waals surface area contributed by atoms with E-state index in [9.17, 15) is 9.59 Å². The fourth-order valence-electron chi connectivity index (χ4n) is 3.27. The third kappa shape index (κ3) is 3.06. The van der Waals surface area contributed by atoms with Crippen LogP contribution in [0.4, 0.5) is 4.79 Å². The fourth-order valence-corrected chi connectivity index (χ4v) is 3.27. The zero-order chi connectivity index (χ0) is 14.9. The van der Waals surface area contributed by atoms with E-state index in [1.165, 1.54) is 0 Å². The third-order valence-electron chi connectivity index (χ3n) is 4.55. The molecule has 0 aromatic carbocycles. The lowest BCUT2D eigenvalue weighted by Crippen LogP contribution is -2.59. The van der Waals surface area contributed by atoms with E-state index in [4.69, 9.17) is 5.11 Å². The number of carboxylic acids is 1. The highest BCUT2D eigenvalue weighted by Gasteiger charge is 2.36. The number of nitrogens with zero attached hydrogens (tertiary/aromatic N) is 3. The maximum atomic E-state index is 12.6. The Morgan fingerprint density at radius 3 is 2.25 bits per heavy atom. The number of amides is 2. The molecule has 114 valence electrons. The minimum Gasteiger partial charge on any atom is -0.481 e. The fraction of sp³-hybridized carbons (Fsp3) is 0.857. The molecule has 0 radical (unpaired) electrons. The van der Waals surface area contributed by atoms with Crippen molar-refractivity contribution in [2.45, 2.75) is 38.8 Å². The van der Waals surface area contributed by atoms with Crippen molar-refractivity contribution in [1.82, 2.24) is 14.7 Å². The second-order valence-electron chi connectivity index (χ2n) is 6.19. The predicted octanol–water partition coefficient (Wildman–Crippen LogP) is 0.927. The number of hydrogen-bond acceptors (Lipinski definition) is 3. The highest BCUT2D eigenvalue weighted by molar-refractivity contribution is 5.76. The van der Waals surface area contributed by atoms with Crippen LogP contribution in [0.1, 0.15) is 26.7 Å². The lowest BCUT2D eigenvalue weighted by Gasteiger charge is -2.44. The van der Waals surface area contributed by atoms with Crippen LogP contribution in [0.25, 0.3) is 0 Å². The van der Waals surface area contributed by atoms with Crippen LogP contribution in [0.5, 0.6) is 0 Å². The van der Waals surface area contributed by atoms with Gasteiger partial charge >= 0.3 is 12.0 Å². The largest absolute Gasteiger partial charge is 0.481 e. The Kier molecular flexibility index (Phi) is 4.52. The quantitative estimate of drug-likeness (QED) is 0.777. The van der Waals surface area contributed by atoms with Crippen LogP contribution in [-0.2, 0) is 4.79 Å². The first-order valence-corrected chi connectivity index (χ1v) is 7.38. The number of hydrogen-bond donors (Lipinski definition) is 1. The number of piperazine rings is 1. The van der Waals surface area contributed by atoms with Crippen molar-refractivity contribution in [2.75, 3.05) is 33.2 Å². The molecule has 2 aliphatic heterocycles. The van der Waals surface area contributed by atoms with Crippen molar-refractivity contribution >= 4 is 12.0 Å². The Balaban J connectivity index is 1.98. The van der Waals surface area contributed by atoms with Gasteiger partial charge in [0.15, 0.2) is 0 Å². The normalized spacial score (nSPS) is 32.2. The number of likely N-dealkylation sites (N-methyl/N-ethyl adjacent to an activating group) is 1. The summed E-state index contributed by atoms with van der Waals surface area (Å²) in [7, 11) is 2.07. The average Bonchev–Trinajstić information content (AvgIpc) is 2.37. The van der Waals surface area contributed by atoms with Gasteiger partial charge in [0.05, 0.1) is 5.92 Å². The van der Waals surface area contributed by atoms with E-state index >= 15 is 0 Å². The van der Waals surface area contributed by atoms with E-state index in [-0.39, 0.29) is 24.0 Å². The van der Waals surface area contributed by atoms with Crippen molar-refractivity contribution in [3.63, 3.8) is 0 Å². The van der Waals surface area contributed by atoms with Gasteiger partial charge in [0, 0.05) is 38.3 Å². The first-order chi connectivity index (χ1) is 9.40. The van der Waals surface area contributed by atoms with Gasteiger partial charge in [-0.15, -0.1) is 0 Å². The van der Waals surface area contributed by atoms with Gasteiger partial charge in [0.1, 0.15) is 0 Å². The molecule has 1 N–H and O–H groups in total. The van der Waals surface area contributed by atoms with E-state index in [0.717, 1.165) is 19.6 Å². The van der Waals surface area contributed by atoms with Gasteiger partial charge in [-0.3, -0.25) is 4.79 Å². The smallest absolute Gasteiger partial charge is 0.320 e. The first kappa shape index (κ1) is 15.1. The lowest BCUT2D eigenvalue weighted by atomic mass is 9.92. The molecule has 0 aromatic heterocycles. The first-order valence-electron chi connectivity index (χ1n) is 7.38. The zero-order valence-corrected chi connectivity index (χ0v) is 12.6. The van der Waals surface area contributed by atoms with Crippen LogP contribution in [0.15, 0.2) is 0 Å². The molecule has 2 fully saturated rings. The molecule has 2 aliphatic rings. The highest BCUT2D eigenvalue weighted by atomic mass is 16.4. The van der Waals surface area contributed by atoms with Gasteiger partial charge in [0.25, 0.3) is 0 Å². The summed E-state index contributed by atoms with van der Waals surface area (Å²) in [6, 6.07) is 0.289. The van der Waals surface area contributed by atoms with Crippen LogP contribution in [0.2, 0.25) is 0 Å². The summed E-state index contributed by atoms with van der Waals surface area (Å²) >= 11 is 0. The molecule has 6 nitrogen and oxygen atoms in total. The number of carboxylic acid groups (broad SMARTS) is 1. The number of likely N-dealkylation sites (tertiary alicyclic amines) is 1. The molecule has 0 spiro atoms. The molecule has 3 atom stereocenters. The molecule has 0 aliphatic carbocycles. The Morgan fingerprint density at radius 1 is 1.05 bits per heavy atom. The van der Waals surface area contributed by atoms with Gasteiger partial charge in [0.2, 0.25) is 0 Å². The Bertz CT molecular complexity index is 388. The number of carbonyl (C=O) groups is 2. The van der Waals surface area contributed by atoms with Gasteiger partial charge in [-0.2, -0.15) is 0 Å². The molecular weight excluding hydrogens is 258 g/mol. The summed E-state index contributed by atoms with van der Waals surface area (Å²) in [5.74, 6) is -1.05. The minimum absolute atomic E-state index is 0.00389. The molecule has 2 heterocycles.